The van der Waals surface area contributed by atoms with Crippen LogP contribution in [-0.2, 0) is 0 Å². The predicted octanol–water partition coefficient (Wildman–Crippen LogP) is 4.24. The molecule has 1 fully saturated rings. The van der Waals surface area contributed by atoms with Gasteiger partial charge in [-0.3, -0.25) is 4.79 Å². The van der Waals surface area contributed by atoms with Crippen LogP contribution < -0.4 is 16.0 Å². The predicted molar refractivity (Wildman–Crippen MR) is 126 cm³/mol. The molecular formula is C20H29Cl3N4O. The molecule has 1 aliphatic heterocycles. The van der Waals surface area contributed by atoms with Crippen molar-refractivity contribution in [2.24, 2.45) is 0 Å². The second-order valence-corrected chi connectivity index (χ2v) is 6.47. The van der Waals surface area contributed by atoms with E-state index in [9.17, 15) is 4.79 Å². The maximum atomic E-state index is 12.7. The number of nitrogens with zero attached hydrogens (tertiary/aromatic N) is 2. The van der Waals surface area contributed by atoms with E-state index < -0.39 is 0 Å². The summed E-state index contributed by atoms with van der Waals surface area (Å²) in [5, 5.41) is 3.07. The maximum absolute atomic E-state index is 12.7. The summed E-state index contributed by atoms with van der Waals surface area (Å²) in [7, 11) is 0. The van der Waals surface area contributed by atoms with Crippen molar-refractivity contribution >= 4 is 60.2 Å². The molecule has 3 N–H and O–H groups in total. The molecule has 5 nitrogen and oxygen atoms in total. The third kappa shape index (κ3) is 6.17. The summed E-state index contributed by atoms with van der Waals surface area (Å²) in [5.74, 6) is -0.121. The fourth-order valence-corrected chi connectivity index (χ4v) is 3.23. The third-order valence-corrected chi connectivity index (χ3v) is 4.82. The average Bonchev–Trinajstić information content (AvgIpc) is 2.64. The molecule has 3 rings (SSSR count). The summed E-state index contributed by atoms with van der Waals surface area (Å²) in [6.45, 7) is 9.24. The lowest BCUT2D eigenvalue weighted by Gasteiger charge is -2.36. The van der Waals surface area contributed by atoms with E-state index in [-0.39, 0.29) is 43.1 Å². The number of hydrogen-bond acceptors (Lipinski definition) is 4. The number of carbonyl (C=O) groups excluding carboxylic acids is 1. The second kappa shape index (κ2) is 12.0. The van der Waals surface area contributed by atoms with Gasteiger partial charge in [0.05, 0.1) is 11.4 Å². The molecule has 2 aromatic rings. The Labute approximate surface area is 185 Å². The van der Waals surface area contributed by atoms with Gasteiger partial charge < -0.3 is 20.9 Å². The molecule has 0 aliphatic carbocycles. The molecule has 28 heavy (non-hydrogen) atoms. The molecule has 0 saturated carbocycles. The summed E-state index contributed by atoms with van der Waals surface area (Å²) in [5.41, 5.74) is 9.89. The smallest absolute Gasteiger partial charge is 0.256 e. The Morgan fingerprint density at radius 1 is 1.04 bits per heavy atom. The number of halogens is 3. The van der Waals surface area contributed by atoms with Crippen LogP contribution in [0.4, 0.5) is 17.1 Å². The Balaban J connectivity index is 0.00000243. The fraction of sp³-hybridized carbons (Fsp3) is 0.350. The summed E-state index contributed by atoms with van der Waals surface area (Å²) in [6, 6.07) is 13.4. The first-order chi connectivity index (χ1) is 12.1. The zero-order valence-electron chi connectivity index (χ0n) is 16.2. The third-order valence-electron chi connectivity index (χ3n) is 4.82. The molecule has 156 valence electrons. The van der Waals surface area contributed by atoms with Crippen molar-refractivity contribution in [3.8, 4) is 0 Å². The van der Waals surface area contributed by atoms with Crippen LogP contribution in [0.3, 0.4) is 0 Å². The van der Waals surface area contributed by atoms with Gasteiger partial charge in [0.1, 0.15) is 0 Å². The highest BCUT2D eigenvalue weighted by Gasteiger charge is 2.19. The summed E-state index contributed by atoms with van der Waals surface area (Å²) in [6.07, 6.45) is 0. The largest absolute Gasteiger partial charge is 0.399 e. The number of aryl methyl sites for hydroxylation is 1. The molecule has 8 heteroatoms. The van der Waals surface area contributed by atoms with E-state index in [0.717, 1.165) is 49.7 Å². The van der Waals surface area contributed by atoms with E-state index in [2.05, 4.69) is 28.1 Å². The number of piperazine rings is 1. The van der Waals surface area contributed by atoms with Crippen LogP contribution in [0.15, 0.2) is 42.5 Å². The van der Waals surface area contributed by atoms with Crippen LogP contribution in [0.1, 0.15) is 22.8 Å². The van der Waals surface area contributed by atoms with Gasteiger partial charge in [-0.2, -0.15) is 0 Å². The molecule has 1 aliphatic rings. The highest BCUT2D eigenvalue weighted by molar-refractivity contribution is 6.07. The standard InChI is InChI=1S/C20H26N4O.3ClH/c1-3-23-10-12-24(13-11-23)19-7-5-4-6-18(19)22-20(25)17-14-16(21)9-8-15(17)2;;;/h4-9,14H,3,10-13,21H2,1-2H3,(H,22,25);3*1H. The molecule has 0 aromatic heterocycles. The first-order valence-corrected chi connectivity index (χ1v) is 8.82. The number of nitrogen functional groups attached to an aromatic ring is 1. The van der Waals surface area contributed by atoms with Crippen LogP contribution in [0.2, 0.25) is 0 Å². The van der Waals surface area contributed by atoms with E-state index in [0.29, 0.717) is 11.3 Å². The molecule has 0 radical (unpaired) electrons. The van der Waals surface area contributed by atoms with Crippen molar-refractivity contribution in [1.82, 2.24) is 4.90 Å². The van der Waals surface area contributed by atoms with Gasteiger partial charge in [-0.15, -0.1) is 37.2 Å². The van der Waals surface area contributed by atoms with Crippen molar-refractivity contribution < 1.29 is 4.79 Å². The van der Waals surface area contributed by atoms with Crippen molar-refractivity contribution in [3.05, 3.63) is 53.6 Å². The lowest BCUT2D eigenvalue weighted by atomic mass is 10.1. The minimum absolute atomic E-state index is 0. The van der Waals surface area contributed by atoms with Crippen LogP contribution in [0, 0.1) is 6.92 Å². The summed E-state index contributed by atoms with van der Waals surface area (Å²) in [4.78, 5) is 17.5. The van der Waals surface area contributed by atoms with Crippen LogP contribution in [0.25, 0.3) is 0 Å². The Hall–Kier alpha value is -1.66. The van der Waals surface area contributed by atoms with E-state index in [1.807, 2.05) is 37.3 Å². The number of amides is 1. The number of carbonyl (C=O) groups is 1. The molecule has 1 heterocycles. The van der Waals surface area contributed by atoms with E-state index in [4.69, 9.17) is 5.73 Å². The Morgan fingerprint density at radius 2 is 1.68 bits per heavy atom. The Kier molecular flexibility index (Phi) is 11.3. The summed E-state index contributed by atoms with van der Waals surface area (Å²) >= 11 is 0. The number of likely N-dealkylation sites (N-methyl/N-ethyl adjacent to an activating group) is 1. The van der Waals surface area contributed by atoms with Gasteiger partial charge >= 0.3 is 0 Å². The highest BCUT2D eigenvalue weighted by atomic mass is 35.5. The Bertz CT molecular complexity index is 765. The van der Waals surface area contributed by atoms with Crippen molar-refractivity contribution in [3.63, 3.8) is 0 Å². The zero-order valence-corrected chi connectivity index (χ0v) is 18.6. The molecule has 1 saturated heterocycles. The number of anilines is 3. The SMILES string of the molecule is CCN1CCN(c2ccccc2NC(=O)c2cc(N)ccc2C)CC1.Cl.Cl.Cl. The van der Waals surface area contributed by atoms with E-state index in [1.165, 1.54) is 0 Å². The number of para-hydroxylation sites is 2. The first kappa shape index (κ1) is 26.3. The number of nitrogens with two attached hydrogens (primary N) is 1. The second-order valence-electron chi connectivity index (χ2n) is 6.47. The van der Waals surface area contributed by atoms with Gasteiger partial charge in [0, 0.05) is 37.4 Å². The first-order valence-electron chi connectivity index (χ1n) is 8.82. The minimum atomic E-state index is -0.121. The minimum Gasteiger partial charge on any atom is -0.399 e. The van der Waals surface area contributed by atoms with Crippen LogP contribution in [-0.4, -0.2) is 43.5 Å². The molecule has 1 amide bonds. The molecule has 0 spiro atoms. The molecule has 0 atom stereocenters. The topological polar surface area (TPSA) is 61.6 Å². The number of nitrogens with one attached hydrogen (secondary N) is 1. The normalized spacial score (nSPS) is 13.6. The van der Waals surface area contributed by atoms with Gasteiger partial charge in [-0.25, -0.2) is 0 Å². The maximum Gasteiger partial charge on any atom is 0.256 e. The van der Waals surface area contributed by atoms with Gasteiger partial charge in [-0.05, 0) is 43.3 Å². The molecular weight excluding hydrogens is 419 g/mol. The average molecular weight is 448 g/mol. The quantitative estimate of drug-likeness (QED) is 0.688. The van der Waals surface area contributed by atoms with Gasteiger partial charge in [0.25, 0.3) is 5.91 Å². The van der Waals surface area contributed by atoms with Crippen molar-refractivity contribution in [2.45, 2.75) is 13.8 Å². The van der Waals surface area contributed by atoms with E-state index >= 15 is 0 Å². The van der Waals surface area contributed by atoms with E-state index in [1.54, 1.807) is 6.07 Å². The molecule has 0 bridgehead atoms. The zero-order chi connectivity index (χ0) is 17.8. The van der Waals surface area contributed by atoms with Gasteiger partial charge in [0.2, 0.25) is 0 Å². The molecule has 0 unspecified atom stereocenters. The van der Waals surface area contributed by atoms with Crippen molar-refractivity contribution in [2.75, 3.05) is 48.7 Å². The number of benzene rings is 2. The number of hydrogen-bond donors (Lipinski definition) is 2. The molecule has 2 aromatic carbocycles. The lowest BCUT2D eigenvalue weighted by molar-refractivity contribution is 0.102. The Morgan fingerprint density at radius 3 is 2.32 bits per heavy atom. The van der Waals surface area contributed by atoms with Crippen LogP contribution >= 0.6 is 37.2 Å². The monoisotopic (exact) mass is 446 g/mol. The number of rotatable bonds is 4. The summed E-state index contributed by atoms with van der Waals surface area (Å²) < 4.78 is 0. The van der Waals surface area contributed by atoms with Gasteiger partial charge in [0.15, 0.2) is 0 Å². The van der Waals surface area contributed by atoms with Crippen molar-refractivity contribution in [1.29, 1.82) is 0 Å². The lowest BCUT2D eigenvalue weighted by Crippen LogP contribution is -2.46. The van der Waals surface area contributed by atoms with Crippen LogP contribution in [0.5, 0.6) is 0 Å². The van der Waals surface area contributed by atoms with Gasteiger partial charge in [-0.1, -0.05) is 25.1 Å². The fourth-order valence-electron chi connectivity index (χ4n) is 3.23. The highest BCUT2D eigenvalue weighted by Crippen LogP contribution is 2.27.